The standard InChI is InChI=1S/C18H25NO2S/c1-12(11-19-17(20)16-3-2-4-22-16)21-18-8-13-5-14(9-18)7-15(6-13)10-18/h2-4,12-15H,5-11H2,1H3,(H,19,20)/t12-,13?,14?,15?,18?/m0/s1. The number of nitrogens with one attached hydrogen (secondary N) is 1. The van der Waals surface area contributed by atoms with Gasteiger partial charge in [0.05, 0.1) is 16.6 Å². The maximum absolute atomic E-state index is 12.0. The Morgan fingerprint density at radius 2 is 1.95 bits per heavy atom. The van der Waals surface area contributed by atoms with Gasteiger partial charge < -0.3 is 10.1 Å². The van der Waals surface area contributed by atoms with E-state index < -0.39 is 0 Å². The zero-order valence-electron chi connectivity index (χ0n) is 13.2. The Kier molecular flexibility index (Phi) is 3.77. The third-order valence-electron chi connectivity index (χ3n) is 5.73. The molecule has 0 radical (unpaired) electrons. The molecule has 0 aromatic carbocycles. The van der Waals surface area contributed by atoms with Crippen molar-refractivity contribution >= 4 is 17.2 Å². The quantitative estimate of drug-likeness (QED) is 0.895. The van der Waals surface area contributed by atoms with Gasteiger partial charge in [-0.05, 0) is 74.6 Å². The van der Waals surface area contributed by atoms with Crippen molar-refractivity contribution < 1.29 is 9.53 Å². The van der Waals surface area contributed by atoms with E-state index in [1.165, 1.54) is 49.9 Å². The summed E-state index contributed by atoms with van der Waals surface area (Å²) in [6, 6.07) is 3.78. The predicted molar refractivity (Wildman–Crippen MR) is 88.1 cm³/mol. The van der Waals surface area contributed by atoms with E-state index >= 15 is 0 Å². The molecule has 1 N–H and O–H groups in total. The van der Waals surface area contributed by atoms with E-state index in [1.807, 2.05) is 17.5 Å². The van der Waals surface area contributed by atoms with Crippen LogP contribution in [-0.2, 0) is 4.74 Å². The number of thiophene rings is 1. The second kappa shape index (κ2) is 5.64. The molecule has 1 aromatic heterocycles. The fourth-order valence-corrected chi connectivity index (χ4v) is 6.02. The van der Waals surface area contributed by atoms with Crippen LogP contribution >= 0.6 is 11.3 Å². The lowest BCUT2D eigenvalue weighted by molar-refractivity contribution is -0.182. The molecule has 0 spiro atoms. The van der Waals surface area contributed by atoms with Crippen LogP contribution in [0.1, 0.15) is 55.1 Å². The maximum Gasteiger partial charge on any atom is 0.261 e. The third kappa shape index (κ3) is 2.83. The van der Waals surface area contributed by atoms with Crippen LogP contribution < -0.4 is 5.32 Å². The lowest BCUT2D eigenvalue weighted by Gasteiger charge is -2.57. The van der Waals surface area contributed by atoms with Gasteiger partial charge in [0, 0.05) is 6.54 Å². The highest BCUT2D eigenvalue weighted by atomic mass is 32.1. The number of amides is 1. The topological polar surface area (TPSA) is 38.3 Å². The highest BCUT2D eigenvalue weighted by molar-refractivity contribution is 7.12. The van der Waals surface area contributed by atoms with Gasteiger partial charge in [0.2, 0.25) is 0 Å². The molecule has 4 saturated carbocycles. The Morgan fingerprint density at radius 3 is 2.50 bits per heavy atom. The summed E-state index contributed by atoms with van der Waals surface area (Å²) in [4.78, 5) is 12.8. The SMILES string of the molecule is C[C@@H](CNC(=O)c1cccs1)OC12CC3CC(CC(C3)C1)C2. The lowest BCUT2D eigenvalue weighted by Crippen LogP contribution is -2.53. The van der Waals surface area contributed by atoms with E-state index in [0.29, 0.717) is 6.54 Å². The van der Waals surface area contributed by atoms with Gasteiger partial charge in [-0.1, -0.05) is 6.07 Å². The Hall–Kier alpha value is -0.870. The molecular formula is C18H25NO2S. The summed E-state index contributed by atoms with van der Waals surface area (Å²) < 4.78 is 6.51. The minimum Gasteiger partial charge on any atom is -0.370 e. The Bertz CT molecular complexity index is 504. The number of carbonyl (C=O) groups is 1. The molecule has 0 aliphatic heterocycles. The van der Waals surface area contributed by atoms with Gasteiger partial charge in [0.15, 0.2) is 0 Å². The van der Waals surface area contributed by atoms with Crippen molar-refractivity contribution in [2.45, 2.75) is 57.2 Å². The first kappa shape index (κ1) is 14.7. The van der Waals surface area contributed by atoms with Crippen molar-refractivity contribution in [1.82, 2.24) is 5.32 Å². The largest absolute Gasteiger partial charge is 0.370 e. The van der Waals surface area contributed by atoms with Gasteiger partial charge in [0.25, 0.3) is 5.91 Å². The molecule has 22 heavy (non-hydrogen) atoms. The molecule has 0 saturated heterocycles. The number of rotatable bonds is 5. The summed E-state index contributed by atoms with van der Waals surface area (Å²) in [5.74, 6) is 2.73. The first-order valence-corrected chi connectivity index (χ1v) is 9.49. The smallest absolute Gasteiger partial charge is 0.261 e. The molecule has 1 atom stereocenters. The minimum absolute atomic E-state index is 0.0240. The first-order chi connectivity index (χ1) is 10.6. The van der Waals surface area contributed by atoms with E-state index in [9.17, 15) is 4.79 Å². The highest BCUT2D eigenvalue weighted by Gasteiger charge is 2.52. The predicted octanol–water partition coefficient (Wildman–Crippen LogP) is 3.85. The summed E-state index contributed by atoms with van der Waals surface area (Å²) in [5.41, 5.74) is 0.127. The summed E-state index contributed by atoms with van der Waals surface area (Å²) in [6.45, 7) is 2.71. The van der Waals surface area contributed by atoms with Crippen molar-refractivity contribution in [3.05, 3.63) is 22.4 Å². The van der Waals surface area contributed by atoms with Crippen LogP contribution in [0.15, 0.2) is 17.5 Å². The zero-order chi connectivity index (χ0) is 15.2. The van der Waals surface area contributed by atoms with E-state index in [1.54, 1.807) is 0 Å². The molecule has 120 valence electrons. The molecule has 1 aromatic rings. The second-order valence-electron chi connectivity index (χ2n) is 7.72. The van der Waals surface area contributed by atoms with E-state index in [4.69, 9.17) is 4.74 Å². The molecular weight excluding hydrogens is 294 g/mol. The van der Waals surface area contributed by atoms with E-state index in [-0.39, 0.29) is 17.6 Å². The third-order valence-corrected chi connectivity index (χ3v) is 6.60. The molecule has 4 aliphatic carbocycles. The lowest BCUT2D eigenvalue weighted by atomic mass is 9.54. The van der Waals surface area contributed by atoms with Crippen LogP contribution in [0.4, 0.5) is 0 Å². The first-order valence-electron chi connectivity index (χ1n) is 8.61. The van der Waals surface area contributed by atoms with E-state index in [0.717, 1.165) is 22.6 Å². The van der Waals surface area contributed by atoms with Crippen LogP contribution in [0.2, 0.25) is 0 Å². The number of carbonyl (C=O) groups excluding carboxylic acids is 1. The molecule has 0 unspecified atom stereocenters. The van der Waals surface area contributed by atoms with Crippen LogP contribution in [-0.4, -0.2) is 24.2 Å². The summed E-state index contributed by atoms with van der Waals surface area (Å²) >= 11 is 1.48. The fraction of sp³-hybridized carbons (Fsp3) is 0.722. The Balaban J connectivity index is 1.32. The highest BCUT2D eigenvalue weighted by Crippen LogP contribution is 2.57. The van der Waals surface area contributed by atoms with Crippen molar-refractivity contribution in [2.24, 2.45) is 17.8 Å². The van der Waals surface area contributed by atoms with Crippen LogP contribution in [0.3, 0.4) is 0 Å². The summed E-state index contributed by atoms with van der Waals surface area (Å²) in [6.07, 6.45) is 8.16. The normalized spacial score (nSPS) is 37.2. The van der Waals surface area contributed by atoms with Crippen LogP contribution in [0.25, 0.3) is 0 Å². The molecule has 1 amide bonds. The monoisotopic (exact) mass is 319 g/mol. The molecule has 4 fully saturated rings. The Labute approximate surface area is 136 Å². The van der Waals surface area contributed by atoms with Gasteiger partial charge >= 0.3 is 0 Å². The van der Waals surface area contributed by atoms with Gasteiger partial charge in [-0.15, -0.1) is 11.3 Å². The molecule has 1 heterocycles. The molecule has 4 aliphatic rings. The van der Waals surface area contributed by atoms with Crippen LogP contribution in [0.5, 0.6) is 0 Å². The average molecular weight is 319 g/mol. The number of hydrogen-bond acceptors (Lipinski definition) is 3. The summed E-state index contributed by atoms with van der Waals surface area (Å²) in [5, 5.41) is 4.95. The van der Waals surface area contributed by atoms with Gasteiger partial charge in [-0.3, -0.25) is 4.79 Å². The second-order valence-corrected chi connectivity index (χ2v) is 8.66. The van der Waals surface area contributed by atoms with E-state index in [2.05, 4.69) is 12.2 Å². The molecule has 4 bridgehead atoms. The van der Waals surface area contributed by atoms with Crippen molar-refractivity contribution in [3.63, 3.8) is 0 Å². The zero-order valence-corrected chi connectivity index (χ0v) is 14.0. The molecule has 5 rings (SSSR count). The van der Waals surface area contributed by atoms with Crippen molar-refractivity contribution in [3.8, 4) is 0 Å². The Morgan fingerprint density at radius 1 is 1.32 bits per heavy atom. The number of hydrogen-bond donors (Lipinski definition) is 1. The van der Waals surface area contributed by atoms with Gasteiger partial charge in [-0.25, -0.2) is 0 Å². The maximum atomic E-state index is 12.0. The number of ether oxygens (including phenoxy) is 1. The van der Waals surface area contributed by atoms with Crippen LogP contribution in [0, 0.1) is 17.8 Å². The van der Waals surface area contributed by atoms with Gasteiger partial charge in [0.1, 0.15) is 0 Å². The van der Waals surface area contributed by atoms with Gasteiger partial charge in [-0.2, -0.15) is 0 Å². The fourth-order valence-electron chi connectivity index (χ4n) is 5.38. The molecule has 3 nitrogen and oxygen atoms in total. The average Bonchev–Trinajstić information content (AvgIpc) is 2.97. The van der Waals surface area contributed by atoms with Crippen molar-refractivity contribution in [2.75, 3.05) is 6.54 Å². The summed E-state index contributed by atoms with van der Waals surface area (Å²) in [7, 11) is 0. The minimum atomic E-state index is 0.0240. The molecule has 4 heteroatoms. The van der Waals surface area contributed by atoms with Crippen molar-refractivity contribution in [1.29, 1.82) is 0 Å².